The first kappa shape index (κ1) is 31.0. The molecule has 8 atom stereocenters. The zero-order valence-corrected chi connectivity index (χ0v) is 22.0. The quantitative estimate of drug-likeness (QED) is 0.189. The molecule has 1 fully saturated rings. The molecule has 1 amide bonds. The van der Waals surface area contributed by atoms with Crippen LogP contribution in [0.5, 0.6) is 0 Å². The number of primary amides is 1. The number of esters is 3. The van der Waals surface area contributed by atoms with Crippen molar-refractivity contribution in [1.29, 1.82) is 0 Å². The van der Waals surface area contributed by atoms with Gasteiger partial charge < -0.3 is 44.0 Å². The van der Waals surface area contributed by atoms with Crippen molar-refractivity contribution >= 4 is 29.8 Å². The lowest BCUT2D eigenvalue weighted by Crippen LogP contribution is -2.55. The van der Waals surface area contributed by atoms with E-state index >= 15 is 0 Å². The number of carbonyl (C=O) groups excluding carboxylic acids is 4. The normalized spacial score (nSPS) is 28.0. The third-order valence-electron chi connectivity index (χ3n) is 5.75. The molecule has 2 aliphatic rings. The molecule has 0 unspecified atom stereocenters. The van der Waals surface area contributed by atoms with Crippen LogP contribution in [0.1, 0.15) is 27.0 Å². The molecule has 3 heterocycles. The van der Waals surface area contributed by atoms with Crippen molar-refractivity contribution < 1.29 is 62.2 Å². The van der Waals surface area contributed by atoms with E-state index in [0.717, 1.165) is 50.8 Å². The zero-order valence-electron chi connectivity index (χ0n) is 22.0. The summed E-state index contributed by atoms with van der Waals surface area (Å²) in [5.41, 5.74) is 3.89. The summed E-state index contributed by atoms with van der Waals surface area (Å²) in [5.74, 6) is -6.24. The van der Waals surface area contributed by atoms with E-state index in [2.05, 4.69) is 0 Å². The van der Waals surface area contributed by atoms with Crippen LogP contribution < -0.4 is 17.0 Å². The number of nitrogens with zero attached hydrogens (tertiary/aromatic N) is 1. The number of amides is 1. The summed E-state index contributed by atoms with van der Waals surface area (Å²) in [6.07, 6.45) is -10.9. The lowest BCUT2D eigenvalue weighted by atomic mass is 10.0. The lowest BCUT2D eigenvalue weighted by molar-refractivity contribution is -0.250. The van der Waals surface area contributed by atoms with Crippen molar-refractivity contribution in [2.45, 2.75) is 69.9 Å². The second kappa shape index (κ2) is 12.7. The summed E-state index contributed by atoms with van der Waals surface area (Å²) in [4.78, 5) is 85.8. The number of hydrogen-bond donors (Lipinski definition) is 3. The number of carbonyl (C=O) groups is 5. The van der Waals surface area contributed by atoms with Gasteiger partial charge in [-0.1, -0.05) is 0 Å². The third kappa shape index (κ3) is 7.16. The van der Waals surface area contributed by atoms with Crippen LogP contribution in [0.4, 0.5) is 0 Å². The molecule has 41 heavy (non-hydrogen) atoms. The maximum atomic E-state index is 12.7. The molecule has 1 aromatic rings. The molecule has 0 bridgehead atoms. The van der Waals surface area contributed by atoms with Crippen LogP contribution in [0.3, 0.4) is 0 Å². The Balaban J connectivity index is 2.05. The van der Waals surface area contributed by atoms with E-state index in [1.165, 1.54) is 0 Å². The number of carboxylic acids is 1. The van der Waals surface area contributed by atoms with Gasteiger partial charge in [-0.3, -0.25) is 33.5 Å². The summed E-state index contributed by atoms with van der Waals surface area (Å²) < 4.78 is 38.7. The van der Waals surface area contributed by atoms with E-state index in [9.17, 15) is 38.7 Å². The number of rotatable bonds is 10. The number of nitrogens with two attached hydrogens (primary N) is 1. The highest BCUT2D eigenvalue weighted by molar-refractivity contribution is 5.85. The maximum absolute atomic E-state index is 12.7. The number of carboxylic acid groups (broad SMARTS) is 1. The van der Waals surface area contributed by atoms with Gasteiger partial charge in [-0.15, -0.1) is 0 Å². The zero-order chi connectivity index (χ0) is 30.6. The van der Waals surface area contributed by atoms with Gasteiger partial charge in [0.2, 0.25) is 24.1 Å². The third-order valence-corrected chi connectivity index (χ3v) is 5.75. The van der Waals surface area contributed by atoms with Crippen LogP contribution in [-0.4, -0.2) is 94.5 Å². The number of aromatic amines is 1. The van der Waals surface area contributed by atoms with Crippen molar-refractivity contribution in [3.05, 3.63) is 44.9 Å². The van der Waals surface area contributed by atoms with Crippen LogP contribution in [0.15, 0.2) is 33.7 Å². The topological polar surface area (TPSA) is 251 Å². The van der Waals surface area contributed by atoms with E-state index < -0.39 is 95.9 Å². The molecule has 0 aromatic carbocycles. The lowest BCUT2D eigenvalue weighted by Gasteiger charge is -2.37. The Labute approximate surface area is 229 Å². The first-order chi connectivity index (χ1) is 19.2. The van der Waals surface area contributed by atoms with Crippen molar-refractivity contribution in [3.63, 3.8) is 0 Å². The predicted molar refractivity (Wildman–Crippen MR) is 127 cm³/mol. The van der Waals surface area contributed by atoms with Gasteiger partial charge in [0.25, 0.3) is 5.56 Å². The average Bonchev–Trinajstić information content (AvgIpc) is 3.19. The molecule has 0 saturated carbocycles. The van der Waals surface area contributed by atoms with Gasteiger partial charge in [0.1, 0.15) is 12.2 Å². The van der Waals surface area contributed by atoms with Crippen molar-refractivity contribution in [1.82, 2.24) is 9.55 Å². The molecule has 3 rings (SSSR count). The number of nitrogens with one attached hydrogen (secondary N) is 1. The largest absolute Gasteiger partial charge is 0.475 e. The predicted octanol–water partition coefficient (Wildman–Crippen LogP) is -2.56. The Morgan fingerprint density at radius 2 is 1.61 bits per heavy atom. The number of aromatic nitrogens is 2. The molecule has 18 heteroatoms. The van der Waals surface area contributed by atoms with Gasteiger partial charge in [0, 0.05) is 46.2 Å². The molecule has 2 aliphatic heterocycles. The van der Waals surface area contributed by atoms with E-state index in [-0.39, 0.29) is 0 Å². The van der Waals surface area contributed by atoms with Crippen LogP contribution in [0.25, 0.3) is 0 Å². The molecule has 1 aromatic heterocycles. The van der Waals surface area contributed by atoms with Crippen molar-refractivity contribution in [2.75, 3.05) is 7.11 Å². The van der Waals surface area contributed by atoms with Crippen molar-refractivity contribution in [3.8, 4) is 0 Å². The van der Waals surface area contributed by atoms with Crippen LogP contribution in [0, 0.1) is 0 Å². The van der Waals surface area contributed by atoms with E-state index in [1.54, 1.807) is 0 Å². The fourth-order valence-electron chi connectivity index (χ4n) is 4.26. The highest BCUT2D eigenvalue weighted by Crippen LogP contribution is 2.36. The average molecular weight is 585 g/mol. The second-order valence-corrected chi connectivity index (χ2v) is 8.71. The Morgan fingerprint density at radius 3 is 2.12 bits per heavy atom. The summed E-state index contributed by atoms with van der Waals surface area (Å²) in [6.45, 7) is 3.07. The number of H-pyrrole nitrogens is 1. The molecule has 0 radical (unpaired) electrons. The molecule has 0 aliphatic carbocycles. The molecular formula is C23H27N3O15. The fourth-order valence-corrected chi connectivity index (χ4v) is 4.26. The molecule has 1 saturated heterocycles. The van der Waals surface area contributed by atoms with E-state index in [0.29, 0.717) is 0 Å². The monoisotopic (exact) mass is 585 g/mol. The van der Waals surface area contributed by atoms with Crippen LogP contribution in [-0.2, 0) is 57.1 Å². The van der Waals surface area contributed by atoms with Crippen LogP contribution in [0.2, 0.25) is 0 Å². The van der Waals surface area contributed by atoms with Gasteiger partial charge in [0.15, 0.2) is 24.5 Å². The minimum absolute atomic E-state index is 0.734. The van der Waals surface area contributed by atoms with E-state index in [4.69, 9.17) is 38.9 Å². The Hall–Kier alpha value is -4.55. The standard InChI is InChI=1S/C23H27N3O15/c1-8(27)36-11-7-12(21(32)33)39-22(14(11)37-9(2)28)41-17(19(24)31)16-15(35-4)18(38-10(3)29)20(40-16)26-6-5-13(30)25-23(26)34/h5-7,11,14-18,20,22H,1-4H3,(H2,24,31)(H,32,33)(H,25,30,34)/t11-,14-,15+,16-,17+,18+,20+,22+/m0/s1. The maximum Gasteiger partial charge on any atom is 0.371 e. The Bertz CT molecular complexity index is 1350. The highest BCUT2D eigenvalue weighted by Gasteiger charge is 2.55. The Morgan fingerprint density at radius 1 is 1.00 bits per heavy atom. The molecule has 224 valence electrons. The van der Waals surface area contributed by atoms with Gasteiger partial charge in [-0.2, -0.15) is 0 Å². The SMILES string of the molecule is CO[C@H]1[C@@H](OC(C)=O)[C@H](n2ccc(=O)[nH]c2=O)O[C@@H]1[C@@H](O[C@H]1OC(C(=O)O)=C[C@H](OC(C)=O)[C@@H]1OC(C)=O)C(N)=O. The minimum Gasteiger partial charge on any atom is -0.475 e. The second-order valence-electron chi connectivity index (χ2n) is 8.71. The van der Waals surface area contributed by atoms with Gasteiger partial charge >= 0.3 is 29.6 Å². The summed E-state index contributed by atoms with van der Waals surface area (Å²) in [6, 6.07) is 0.987. The molecular weight excluding hydrogens is 558 g/mol. The molecule has 4 N–H and O–H groups in total. The fraction of sp³-hybridized carbons (Fsp3) is 0.522. The van der Waals surface area contributed by atoms with Gasteiger partial charge in [0.05, 0.1) is 0 Å². The summed E-state index contributed by atoms with van der Waals surface area (Å²) in [7, 11) is 1.16. The van der Waals surface area contributed by atoms with Crippen molar-refractivity contribution in [2.24, 2.45) is 5.73 Å². The number of aliphatic carboxylic acids is 1. The number of hydrogen-bond acceptors (Lipinski definition) is 14. The van der Waals surface area contributed by atoms with Crippen LogP contribution >= 0.6 is 0 Å². The highest BCUT2D eigenvalue weighted by atomic mass is 16.7. The number of methoxy groups -OCH3 is 1. The minimum atomic E-state index is -1.92. The van der Waals surface area contributed by atoms with E-state index in [1.807, 2.05) is 4.98 Å². The summed E-state index contributed by atoms with van der Waals surface area (Å²) in [5, 5.41) is 9.50. The van der Waals surface area contributed by atoms with Gasteiger partial charge in [-0.25, -0.2) is 9.59 Å². The summed E-state index contributed by atoms with van der Waals surface area (Å²) >= 11 is 0. The molecule has 0 spiro atoms. The Kier molecular flexibility index (Phi) is 9.63. The molecule has 18 nitrogen and oxygen atoms in total. The van der Waals surface area contributed by atoms with Gasteiger partial charge in [-0.05, 0) is 0 Å². The first-order valence-electron chi connectivity index (χ1n) is 11.8. The number of ether oxygens (including phenoxy) is 7. The smallest absolute Gasteiger partial charge is 0.371 e. The first-order valence-corrected chi connectivity index (χ1v) is 11.8.